The minimum Gasteiger partial charge on any atom is -0.451 e. The van der Waals surface area contributed by atoms with E-state index in [2.05, 4.69) is 5.32 Å². The van der Waals surface area contributed by atoms with Crippen LogP contribution >= 0.6 is 24.0 Å². The predicted octanol–water partition coefficient (Wildman–Crippen LogP) is 4.44. The second-order valence-electron chi connectivity index (χ2n) is 6.58. The fourth-order valence-electron chi connectivity index (χ4n) is 3.66. The third-order valence-electron chi connectivity index (χ3n) is 4.95. The van der Waals surface area contributed by atoms with E-state index in [4.69, 9.17) is 20.8 Å². The summed E-state index contributed by atoms with van der Waals surface area (Å²) in [5.41, 5.74) is 2.41. The number of hydrogen-bond acceptors (Lipinski definition) is 4. The highest BCUT2D eigenvalue weighted by molar-refractivity contribution is 6.31. The van der Waals surface area contributed by atoms with Crippen molar-refractivity contribution in [2.75, 3.05) is 26.7 Å². The highest BCUT2D eigenvalue weighted by Crippen LogP contribution is 2.33. The molecule has 2 heterocycles. The van der Waals surface area contributed by atoms with E-state index in [-0.39, 0.29) is 24.4 Å². The number of nitrogens with one attached hydrogen (secondary N) is 1. The van der Waals surface area contributed by atoms with Gasteiger partial charge in [-0.1, -0.05) is 48.0 Å². The van der Waals surface area contributed by atoms with E-state index >= 15 is 0 Å². The number of fused-ring (bicyclic) bond motifs is 1. The molecule has 7 heteroatoms. The average molecular weight is 421 g/mol. The quantitative estimate of drug-likeness (QED) is 0.677. The fourth-order valence-corrected chi connectivity index (χ4v) is 3.92. The van der Waals surface area contributed by atoms with Crippen molar-refractivity contribution in [1.82, 2.24) is 10.2 Å². The Morgan fingerprint density at radius 3 is 2.79 bits per heavy atom. The van der Waals surface area contributed by atoms with Crippen molar-refractivity contribution < 1.29 is 13.9 Å². The number of piperazine rings is 1. The molecule has 0 saturated carbocycles. The summed E-state index contributed by atoms with van der Waals surface area (Å²) in [7, 11) is 1.62. The first-order valence-corrected chi connectivity index (χ1v) is 9.34. The average Bonchev–Trinajstić information content (AvgIpc) is 3.07. The van der Waals surface area contributed by atoms with Crippen LogP contribution in [0.25, 0.3) is 11.0 Å². The number of para-hydroxylation sites is 1. The molecule has 1 N–H and O–H groups in total. The Morgan fingerprint density at radius 1 is 1.25 bits per heavy atom. The minimum absolute atomic E-state index is 0. The molecule has 1 amide bonds. The van der Waals surface area contributed by atoms with Gasteiger partial charge >= 0.3 is 0 Å². The van der Waals surface area contributed by atoms with Crippen molar-refractivity contribution in [2.24, 2.45) is 0 Å². The monoisotopic (exact) mass is 420 g/mol. The van der Waals surface area contributed by atoms with Crippen LogP contribution in [-0.4, -0.2) is 37.6 Å². The molecule has 1 unspecified atom stereocenters. The number of benzene rings is 2. The van der Waals surface area contributed by atoms with Gasteiger partial charge in [0, 0.05) is 42.7 Å². The molecule has 4 rings (SSSR count). The summed E-state index contributed by atoms with van der Waals surface area (Å²) in [6.45, 7) is 2.28. The number of hydrogen-bond donors (Lipinski definition) is 1. The second kappa shape index (κ2) is 8.97. The summed E-state index contributed by atoms with van der Waals surface area (Å²) < 4.78 is 11.3. The van der Waals surface area contributed by atoms with Crippen molar-refractivity contribution in [1.29, 1.82) is 0 Å². The van der Waals surface area contributed by atoms with E-state index in [1.807, 2.05) is 53.4 Å². The van der Waals surface area contributed by atoms with E-state index in [0.29, 0.717) is 36.1 Å². The molecular weight excluding hydrogens is 399 g/mol. The van der Waals surface area contributed by atoms with Gasteiger partial charge in [-0.15, -0.1) is 12.4 Å². The second-order valence-corrected chi connectivity index (χ2v) is 6.99. The first-order valence-electron chi connectivity index (χ1n) is 8.96. The number of methoxy groups -OCH3 is 1. The summed E-state index contributed by atoms with van der Waals surface area (Å²) in [5, 5.41) is 4.92. The zero-order chi connectivity index (χ0) is 18.8. The van der Waals surface area contributed by atoms with Gasteiger partial charge in [0.2, 0.25) is 0 Å². The van der Waals surface area contributed by atoms with Crippen molar-refractivity contribution in [3.8, 4) is 0 Å². The molecule has 0 radical (unpaired) electrons. The van der Waals surface area contributed by atoms with Crippen LogP contribution in [0.2, 0.25) is 5.02 Å². The van der Waals surface area contributed by atoms with E-state index < -0.39 is 0 Å². The summed E-state index contributed by atoms with van der Waals surface area (Å²) in [5.74, 6) is 0.210. The number of amides is 1. The Bertz CT molecular complexity index is 973. The molecule has 0 spiro atoms. The third-order valence-corrected chi connectivity index (χ3v) is 5.29. The molecular formula is C21H22Cl2N2O3. The Hall–Kier alpha value is -2.05. The van der Waals surface area contributed by atoms with E-state index in [0.717, 1.165) is 23.1 Å². The van der Waals surface area contributed by atoms with Gasteiger partial charge in [-0.3, -0.25) is 4.79 Å². The molecule has 3 aromatic rings. The predicted molar refractivity (Wildman–Crippen MR) is 112 cm³/mol. The van der Waals surface area contributed by atoms with Gasteiger partial charge in [0.1, 0.15) is 5.58 Å². The smallest absolute Gasteiger partial charge is 0.290 e. The molecule has 1 aliphatic rings. The number of carbonyl (C=O) groups is 1. The van der Waals surface area contributed by atoms with Gasteiger partial charge in [0.05, 0.1) is 12.6 Å². The Kier molecular flexibility index (Phi) is 6.62. The number of rotatable bonds is 4. The number of carbonyl (C=O) groups excluding carboxylic acids is 1. The van der Waals surface area contributed by atoms with Crippen LogP contribution in [0.5, 0.6) is 0 Å². The van der Waals surface area contributed by atoms with Crippen molar-refractivity contribution in [2.45, 2.75) is 12.6 Å². The summed E-state index contributed by atoms with van der Waals surface area (Å²) >= 11 is 6.41. The van der Waals surface area contributed by atoms with E-state index in [1.54, 1.807) is 7.11 Å². The highest BCUT2D eigenvalue weighted by Gasteiger charge is 2.33. The molecule has 5 nitrogen and oxygen atoms in total. The maximum Gasteiger partial charge on any atom is 0.290 e. The Labute approximate surface area is 175 Å². The number of nitrogens with zero attached hydrogens (tertiary/aromatic N) is 1. The lowest BCUT2D eigenvalue weighted by atomic mass is 10.0. The van der Waals surface area contributed by atoms with Crippen molar-refractivity contribution in [3.05, 3.63) is 70.4 Å². The normalized spacial score (nSPS) is 16.8. The summed E-state index contributed by atoms with van der Waals surface area (Å²) in [6, 6.07) is 15.2. The third kappa shape index (κ3) is 3.76. The zero-order valence-corrected chi connectivity index (χ0v) is 17.1. The molecule has 1 aromatic heterocycles. The van der Waals surface area contributed by atoms with Gasteiger partial charge in [0.15, 0.2) is 5.76 Å². The first-order chi connectivity index (χ1) is 13.2. The van der Waals surface area contributed by atoms with Crippen LogP contribution in [-0.2, 0) is 11.3 Å². The number of ether oxygens (including phenoxy) is 1. The van der Waals surface area contributed by atoms with E-state index in [9.17, 15) is 4.79 Å². The molecule has 1 saturated heterocycles. The SMILES string of the molecule is COCc1c(C(=O)N2CCNCC2c2ccccc2Cl)oc2ccccc12.Cl. The van der Waals surface area contributed by atoms with Crippen molar-refractivity contribution in [3.63, 3.8) is 0 Å². The lowest BCUT2D eigenvalue weighted by Gasteiger charge is -2.36. The van der Waals surface area contributed by atoms with Crippen LogP contribution < -0.4 is 5.32 Å². The van der Waals surface area contributed by atoms with Crippen LogP contribution in [0.15, 0.2) is 52.9 Å². The topological polar surface area (TPSA) is 54.7 Å². The molecule has 0 aliphatic carbocycles. The van der Waals surface area contributed by atoms with Gasteiger partial charge in [-0.25, -0.2) is 0 Å². The maximum atomic E-state index is 13.5. The lowest BCUT2D eigenvalue weighted by Crippen LogP contribution is -2.48. The van der Waals surface area contributed by atoms with Crippen LogP contribution in [0.3, 0.4) is 0 Å². The van der Waals surface area contributed by atoms with Gasteiger partial charge < -0.3 is 19.4 Å². The summed E-state index contributed by atoms with van der Waals surface area (Å²) in [6.07, 6.45) is 0. The van der Waals surface area contributed by atoms with Crippen molar-refractivity contribution >= 4 is 40.9 Å². The van der Waals surface area contributed by atoms with Gasteiger partial charge in [-0.05, 0) is 17.7 Å². The largest absolute Gasteiger partial charge is 0.451 e. The minimum atomic E-state index is -0.149. The first kappa shape index (κ1) is 20.7. The highest BCUT2D eigenvalue weighted by atomic mass is 35.5. The molecule has 2 aromatic carbocycles. The molecule has 0 bridgehead atoms. The lowest BCUT2D eigenvalue weighted by molar-refractivity contribution is 0.0598. The van der Waals surface area contributed by atoms with Crippen LogP contribution in [0.1, 0.15) is 27.7 Å². The standard InChI is InChI=1S/C21H21ClN2O3.ClH/c1-26-13-16-14-6-3-5-9-19(14)27-20(16)21(25)24-11-10-23-12-18(24)15-7-2-4-8-17(15)22;/h2-9,18,23H,10-13H2,1H3;1H. The Balaban J connectivity index is 0.00000225. The number of halogens is 2. The molecule has 1 atom stereocenters. The van der Waals surface area contributed by atoms with Gasteiger partial charge in [0.25, 0.3) is 5.91 Å². The maximum absolute atomic E-state index is 13.5. The molecule has 1 aliphatic heterocycles. The zero-order valence-electron chi connectivity index (χ0n) is 15.5. The Morgan fingerprint density at radius 2 is 2.00 bits per heavy atom. The molecule has 148 valence electrons. The molecule has 1 fully saturated rings. The van der Waals surface area contributed by atoms with E-state index in [1.165, 1.54) is 0 Å². The van der Waals surface area contributed by atoms with Gasteiger partial charge in [-0.2, -0.15) is 0 Å². The van der Waals surface area contributed by atoms with Crippen LogP contribution in [0, 0.1) is 0 Å². The molecule has 28 heavy (non-hydrogen) atoms. The fraction of sp³-hybridized carbons (Fsp3) is 0.286. The summed E-state index contributed by atoms with van der Waals surface area (Å²) in [4.78, 5) is 15.3. The van der Waals surface area contributed by atoms with Crippen LogP contribution in [0.4, 0.5) is 0 Å². The number of furan rings is 1.